The quantitative estimate of drug-likeness (QED) is 0.330. The fraction of sp³-hybridized carbons (Fsp3) is 0.528. The first-order valence-electron chi connectivity index (χ1n) is 16.3. The van der Waals surface area contributed by atoms with Crippen molar-refractivity contribution in [2.75, 3.05) is 47.3 Å². The molecule has 48 heavy (non-hydrogen) atoms. The molecular weight excluding hydrogens is 616 g/mol. The first-order valence-corrected chi connectivity index (χ1v) is 16.3. The molecule has 1 aliphatic heterocycles. The molecule has 2 aromatic rings. The molecule has 1 saturated heterocycles. The van der Waals surface area contributed by atoms with Gasteiger partial charge in [-0.05, 0) is 49.8 Å². The molecule has 1 heterocycles. The van der Waals surface area contributed by atoms with Crippen molar-refractivity contribution in [3.63, 3.8) is 0 Å². The maximum absolute atomic E-state index is 14.6. The van der Waals surface area contributed by atoms with Gasteiger partial charge in [-0.15, -0.1) is 0 Å². The summed E-state index contributed by atoms with van der Waals surface area (Å²) >= 11 is 0. The number of piperazine rings is 1. The van der Waals surface area contributed by atoms with E-state index in [2.05, 4.69) is 16.8 Å². The molecule has 0 spiro atoms. The molecule has 256 valence electrons. The number of hydrogen-bond donors (Lipinski definition) is 4. The van der Waals surface area contributed by atoms with Gasteiger partial charge in [-0.3, -0.25) is 33.8 Å². The van der Waals surface area contributed by atoms with Gasteiger partial charge in [-0.1, -0.05) is 51.1 Å². The number of fused-ring (bicyclic) bond motifs is 3. The van der Waals surface area contributed by atoms with Crippen molar-refractivity contribution >= 4 is 29.0 Å². The highest BCUT2D eigenvalue weighted by molar-refractivity contribution is 6.33. The van der Waals surface area contributed by atoms with Crippen molar-refractivity contribution in [3.05, 3.63) is 53.1 Å². The van der Waals surface area contributed by atoms with Crippen LogP contribution >= 0.6 is 0 Å². The average Bonchev–Trinajstić information content (AvgIpc) is 3.02. The molecule has 0 bridgehead atoms. The Hall–Kier alpha value is -3.81. The number of carbonyl (C=O) groups is 5. The van der Waals surface area contributed by atoms with Gasteiger partial charge in [0.2, 0.25) is 5.91 Å². The van der Waals surface area contributed by atoms with Crippen LogP contribution in [-0.2, 0) is 25.7 Å². The molecule has 0 aromatic heterocycles. The summed E-state index contributed by atoms with van der Waals surface area (Å²) in [5, 5.41) is 36.3. The van der Waals surface area contributed by atoms with Crippen molar-refractivity contribution < 1.29 is 39.3 Å². The number of amides is 1. The van der Waals surface area contributed by atoms with E-state index in [0.717, 1.165) is 31.7 Å². The standard InChI is InChI=1S/C36H44N4O8/c1-18-21-10-11-22(20-9-7-8-19(16-20)17-40-14-12-39(6)13-15-40)26(41)23(21)27(42)25-31(45)36(48)30(44)24(32(37)46)28(43)29(38(4)5)35(36,3)33(47)34(18,25)2/h7-11,16,18,24-25,29,33,41,47-48H,12-15,17H2,1-6H3,(H2,37,46)/t18-,24?,25?,29+,33-,34+,35+,36+/m0/s1. The van der Waals surface area contributed by atoms with E-state index in [1.54, 1.807) is 19.1 Å². The van der Waals surface area contributed by atoms with E-state index in [-0.39, 0.29) is 11.3 Å². The largest absolute Gasteiger partial charge is 0.507 e. The molecule has 4 aliphatic rings. The number of aliphatic hydroxyl groups excluding tert-OH is 1. The molecule has 1 amide bonds. The number of hydrogen-bond acceptors (Lipinski definition) is 11. The van der Waals surface area contributed by atoms with Crippen molar-refractivity contribution in [2.45, 2.75) is 51.0 Å². The van der Waals surface area contributed by atoms with Crippen LogP contribution in [0.4, 0.5) is 0 Å². The lowest BCUT2D eigenvalue weighted by Gasteiger charge is -2.65. The molecule has 12 heteroatoms. The maximum atomic E-state index is 14.6. The molecule has 5 N–H and O–H groups in total. The molecule has 2 saturated carbocycles. The summed E-state index contributed by atoms with van der Waals surface area (Å²) in [4.78, 5) is 75.1. The second kappa shape index (κ2) is 11.4. The van der Waals surface area contributed by atoms with E-state index in [9.17, 15) is 39.3 Å². The van der Waals surface area contributed by atoms with E-state index in [1.807, 2.05) is 24.3 Å². The zero-order valence-electron chi connectivity index (χ0n) is 28.2. The molecule has 0 radical (unpaired) electrons. The van der Waals surface area contributed by atoms with Gasteiger partial charge < -0.3 is 26.0 Å². The summed E-state index contributed by atoms with van der Waals surface area (Å²) in [6, 6.07) is 9.58. The second-order valence-electron chi connectivity index (χ2n) is 14.8. The van der Waals surface area contributed by atoms with Crippen LogP contribution in [0, 0.1) is 22.7 Å². The number of rotatable bonds is 5. The van der Waals surface area contributed by atoms with Crippen LogP contribution in [0.15, 0.2) is 36.4 Å². The molecule has 3 aliphatic carbocycles. The summed E-state index contributed by atoms with van der Waals surface area (Å²) < 4.78 is 0. The Morgan fingerprint density at radius 1 is 1.02 bits per heavy atom. The van der Waals surface area contributed by atoms with Crippen LogP contribution < -0.4 is 5.73 Å². The first kappa shape index (κ1) is 34.1. The van der Waals surface area contributed by atoms with Gasteiger partial charge in [-0.25, -0.2) is 0 Å². The van der Waals surface area contributed by atoms with Gasteiger partial charge in [0, 0.05) is 43.7 Å². The highest BCUT2D eigenvalue weighted by atomic mass is 16.3. The fourth-order valence-corrected chi connectivity index (χ4v) is 9.27. The minimum atomic E-state index is -3.11. The molecule has 3 fully saturated rings. The zero-order chi connectivity index (χ0) is 35.2. The first-order chi connectivity index (χ1) is 22.4. The predicted molar refractivity (Wildman–Crippen MR) is 175 cm³/mol. The monoisotopic (exact) mass is 660 g/mol. The number of phenolic OH excluding ortho intramolecular Hbond substituents is 1. The van der Waals surface area contributed by atoms with Crippen molar-refractivity contribution in [1.82, 2.24) is 14.7 Å². The average molecular weight is 661 g/mol. The third-order valence-corrected chi connectivity index (χ3v) is 12.1. The zero-order valence-corrected chi connectivity index (χ0v) is 28.2. The summed E-state index contributed by atoms with van der Waals surface area (Å²) in [5.74, 6) is -10.9. The Labute approximate surface area is 279 Å². The lowest BCUT2D eigenvalue weighted by atomic mass is 9.39. The number of aromatic hydroxyl groups is 1. The normalized spacial score (nSPS) is 35.7. The summed E-state index contributed by atoms with van der Waals surface area (Å²) in [7, 11) is 5.03. The van der Waals surface area contributed by atoms with Crippen LogP contribution in [0.3, 0.4) is 0 Å². The summed E-state index contributed by atoms with van der Waals surface area (Å²) in [6.45, 7) is 9.01. The number of Topliss-reactive ketones (excluding diaryl/α,β-unsaturated/α-hetero) is 4. The van der Waals surface area contributed by atoms with Gasteiger partial charge in [-0.2, -0.15) is 0 Å². The third-order valence-electron chi connectivity index (χ3n) is 12.1. The molecule has 8 atom stereocenters. The number of phenols is 1. The number of nitrogens with two attached hydrogens (primary N) is 1. The highest BCUT2D eigenvalue weighted by Gasteiger charge is 2.81. The predicted octanol–water partition coefficient (Wildman–Crippen LogP) is 0.593. The lowest BCUT2D eigenvalue weighted by Crippen LogP contribution is -2.84. The number of carbonyl (C=O) groups excluding carboxylic acids is 5. The minimum absolute atomic E-state index is 0.130. The Morgan fingerprint density at radius 2 is 1.67 bits per heavy atom. The van der Waals surface area contributed by atoms with Crippen LogP contribution in [0.2, 0.25) is 0 Å². The van der Waals surface area contributed by atoms with Gasteiger partial charge in [0.05, 0.1) is 29.0 Å². The Balaban J connectivity index is 1.46. The summed E-state index contributed by atoms with van der Waals surface area (Å²) in [6.07, 6.45) is -1.77. The molecule has 6 rings (SSSR count). The smallest absolute Gasteiger partial charge is 0.235 e. The molecule has 2 unspecified atom stereocenters. The maximum Gasteiger partial charge on any atom is 0.235 e. The van der Waals surface area contributed by atoms with Crippen LogP contribution in [-0.4, -0.2) is 124 Å². The number of nitrogens with zero attached hydrogens (tertiary/aromatic N) is 3. The van der Waals surface area contributed by atoms with E-state index < -0.39 is 75.4 Å². The summed E-state index contributed by atoms with van der Waals surface area (Å²) in [5.41, 5.74) is 0.883. The van der Waals surface area contributed by atoms with Gasteiger partial charge in [0.1, 0.15) is 5.75 Å². The Morgan fingerprint density at radius 3 is 2.27 bits per heavy atom. The molecule has 12 nitrogen and oxygen atoms in total. The number of benzene rings is 2. The Bertz CT molecular complexity index is 1750. The number of primary amides is 1. The van der Waals surface area contributed by atoms with Crippen molar-refractivity contribution in [2.24, 2.45) is 28.4 Å². The van der Waals surface area contributed by atoms with E-state index in [1.165, 1.54) is 32.8 Å². The van der Waals surface area contributed by atoms with Crippen LogP contribution in [0.25, 0.3) is 11.1 Å². The minimum Gasteiger partial charge on any atom is -0.507 e. The van der Waals surface area contributed by atoms with E-state index in [0.29, 0.717) is 23.2 Å². The van der Waals surface area contributed by atoms with Gasteiger partial charge in [0.25, 0.3) is 0 Å². The Kier molecular flexibility index (Phi) is 8.08. The highest BCUT2D eigenvalue weighted by Crippen LogP contribution is 2.65. The van der Waals surface area contributed by atoms with Gasteiger partial charge >= 0.3 is 0 Å². The van der Waals surface area contributed by atoms with Crippen molar-refractivity contribution in [1.29, 1.82) is 0 Å². The van der Waals surface area contributed by atoms with Crippen molar-refractivity contribution in [3.8, 4) is 16.9 Å². The second-order valence-corrected chi connectivity index (χ2v) is 14.8. The van der Waals surface area contributed by atoms with E-state index >= 15 is 0 Å². The number of likely N-dealkylation sites (N-methyl/N-ethyl adjacent to an activating group) is 2. The third kappa shape index (κ3) is 4.36. The van der Waals surface area contributed by atoms with Crippen LogP contribution in [0.1, 0.15) is 48.2 Å². The lowest BCUT2D eigenvalue weighted by molar-refractivity contribution is -0.237. The van der Waals surface area contributed by atoms with Gasteiger partial charge in [0.15, 0.2) is 34.7 Å². The molecular formula is C36H44N4O8. The number of ketones is 4. The molecule has 2 aromatic carbocycles. The fourth-order valence-electron chi connectivity index (χ4n) is 9.27. The number of aliphatic hydroxyl groups is 2. The van der Waals surface area contributed by atoms with E-state index in [4.69, 9.17) is 5.73 Å². The SMILES string of the molecule is C[C@H]1c2ccc(-c3cccc(CN4CCN(C)CC4)c3)c(O)c2C(=O)C2C(=O)[C@]3(O)C(=O)C(C(N)=O)C(=O)[C@@H](N(C)C)[C@]3(C)[C@@H](O)[C@@]21C. The van der Waals surface area contributed by atoms with Crippen LogP contribution in [0.5, 0.6) is 5.75 Å². The topological polar surface area (TPSA) is 182 Å².